The Morgan fingerprint density at radius 1 is 1.64 bits per heavy atom. The number of hydrogen-bond donors (Lipinski definition) is 3. The second-order valence-electron chi connectivity index (χ2n) is 4.24. The molecule has 9 heteroatoms. The number of nitrogens with two attached hydrogens (primary N) is 1. The van der Waals surface area contributed by atoms with E-state index in [4.69, 9.17) is 27.2 Å². The second-order valence-corrected chi connectivity index (χ2v) is 5.50. The number of carbonyl (C=O) groups is 1. The standard InChI is InChI=1S/C13H13ClN4O3S/c1-7(12(19)20)21-10-3-2-8(4-9(10)14)5-16-18-13-17-11(15)6-22-13/h2-7H,15H2,1H3,(H,17,18)(H,19,20). The molecule has 0 aliphatic heterocycles. The van der Waals surface area contributed by atoms with Gasteiger partial charge in [-0.2, -0.15) is 5.10 Å². The van der Waals surface area contributed by atoms with Crippen LogP contribution in [0.25, 0.3) is 0 Å². The van der Waals surface area contributed by atoms with Gasteiger partial charge < -0.3 is 15.6 Å². The Labute approximate surface area is 135 Å². The Bertz CT molecular complexity index is 704. The number of hydrogen-bond acceptors (Lipinski definition) is 7. The average molecular weight is 341 g/mol. The zero-order chi connectivity index (χ0) is 16.1. The highest BCUT2D eigenvalue weighted by Gasteiger charge is 2.14. The molecule has 0 saturated carbocycles. The molecule has 1 aromatic heterocycles. The van der Waals surface area contributed by atoms with Gasteiger partial charge in [-0.15, -0.1) is 11.3 Å². The van der Waals surface area contributed by atoms with Gasteiger partial charge in [0.1, 0.15) is 11.6 Å². The summed E-state index contributed by atoms with van der Waals surface area (Å²) in [5.74, 6) is -0.331. The molecule has 1 aromatic carbocycles. The maximum absolute atomic E-state index is 10.7. The fourth-order valence-corrected chi connectivity index (χ4v) is 2.22. The van der Waals surface area contributed by atoms with Gasteiger partial charge in [0.05, 0.1) is 11.2 Å². The number of nitrogens with one attached hydrogen (secondary N) is 1. The predicted octanol–water partition coefficient (Wildman–Crippen LogP) is 2.68. The van der Waals surface area contributed by atoms with Gasteiger partial charge >= 0.3 is 5.97 Å². The molecule has 0 spiro atoms. The lowest BCUT2D eigenvalue weighted by Gasteiger charge is -2.11. The number of rotatable bonds is 6. The molecule has 22 heavy (non-hydrogen) atoms. The van der Waals surface area contributed by atoms with Gasteiger partial charge in [-0.3, -0.25) is 5.43 Å². The minimum atomic E-state index is -1.06. The van der Waals surface area contributed by atoms with E-state index in [9.17, 15) is 4.79 Å². The molecule has 1 unspecified atom stereocenters. The van der Waals surface area contributed by atoms with Crippen molar-refractivity contribution in [3.8, 4) is 5.75 Å². The van der Waals surface area contributed by atoms with Crippen LogP contribution in [0.4, 0.5) is 10.9 Å². The highest BCUT2D eigenvalue weighted by atomic mass is 35.5. The number of aromatic nitrogens is 1. The van der Waals surface area contributed by atoms with E-state index in [0.717, 1.165) is 5.56 Å². The van der Waals surface area contributed by atoms with Crippen molar-refractivity contribution in [3.63, 3.8) is 0 Å². The van der Waals surface area contributed by atoms with Crippen LogP contribution in [0.5, 0.6) is 5.75 Å². The first kappa shape index (κ1) is 16.1. The molecule has 0 fully saturated rings. The number of hydrazone groups is 1. The molecule has 0 bridgehead atoms. The first-order chi connectivity index (χ1) is 10.5. The Kier molecular flexibility index (Phi) is 5.18. The third-order valence-electron chi connectivity index (χ3n) is 2.50. The van der Waals surface area contributed by atoms with Crippen LogP contribution in [-0.2, 0) is 4.79 Å². The number of nitrogens with zero attached hydrogens (tertiary/aromatic N) is 2. The molecule has 1 atom stereocenters. The number of aliphatic carboxylic acids is 1. The minimum Gasteiger partial charge on any atom is -0.479 e. The maximum Gasteiger partial charge on any atom is 0.344 e. The Morgan fingerprint density at radius 3 is 3.00 bits per heavy atom. The van der Waals surface area contributed by atoms with Gasteiger partial charge in [0.2, 0.25) is 5.13 Å². The zero-order valence-corrected chi connectivity index (χ0v) is 13.1. The molecule has 0 aliphatic rings. The predicted molar refractivity (Wildman–Crippen MR) is 86.9 cm³/mol. The smallest absolute Gasteiger partial charge is 0.344 e. The van der Waals surface area contributed by atoms with Crippen LogP contribution >= 0.6 is 22.9 Å². The maximum atomic E-state index is 10.7. The third-order valence-corrected chi connectivity index (χ3v) is 3.56. The lowest BCUT2D eigenvalue weighted by molar-refractivity contribution is -0.144. The summed E-state index contributed by atoms with van der Waals surface area (Å²) in [6.45, 7) is 1.43. The molecule has 2 aromatic rings. The van der Waals surface area contributed by atoms with Crippen LogP contribution in [0.15, 0.2) is 28.7 Å². The number of carboxylic acid groups (broad SMARTS) is 1. The molecule has 116 valence electrons. The number of ether oxygens (including phenoxy) is 1. The van der Waals surface area contributed by atoms with Crippen molar-refractivity contribution < 1.29 is 14.6 Å². The van der Waals surface area contributed by atoms with Crippen LogP contribution in [0.3, 0.4) is 0 Å². The lowest BCUT2D eigenvalue weighted by atomic mass is 10.2. The first-order valence-corrected chi connectivity index (χ1v) is 7.40. The molecular weight excluding hydrogens is 328 g/mol. The Hall–Kier alpha value is -2.32. The molecule has 1 heterocycles. The third kappa shape index (κ3) is 4.34. The van der Waals surface area contributed by atoms with Crippen molar-refractivity contribution in [3.05, 3.63) is 34.2 Å². The SMILES string of the molecule is CC(Oc1ccc(C=NNc2nc(N)cs2)cc1Cl)C(=O)O. The number of carboxylic acids is 1. The van der Waals surface area contributed by atoms with E-state index in [2.05, 4.69) is 15.5 Å². The van der Waals surface area contributed by atoms with Crippen molar-refractivity contribution in [1.29, 1.82) is 0 Å². The van der Waals surface area contributed by atoms with Crippen molar-refractivity contribution in [2.24, 2.45) is 5.10 Å². The van der Waals surface area contributed by atoms with E-state index in [1.807, 2.05) is 0 Å². The first-order valence-electron chi connectivity index (χ1n) is 6.15. The summed E-state index contributed by atoms with van der Waals surface area (Å²) in [7, 11) is 0. The topological polar surface area (TPSA) is 110 Å². The monoisotopic (exact) mass is 340 g/mol. The summed E-state index contributed by atoms with van der Waals surface area (Å²) in [4.78, 5) is 14.7. The van der Waals surface area contributed by atoms with Crippen LogP contribution in [-0.4, -0.2) is 28.4 Å². The number of thiazole rings is 1. The van der Waals surface area contributed by atoms with Gasteiger partial charge in [-0.05, 0) is 30.7 Å². The van der Waals surface area contributed by atoms with Gasteiger partial charge in [0, 0.05) is 5.38 Å². The van der Waals surface area contributed by atoms with Crippen molar-refractivity contribution in [2.45, 2.75) is 13.0 Å². The van der Waals surface area contributed by atoms with E-state index < -0.39 is 12.1 Å². The summed E-state index contributed by atoms with van der Waals surface area (Å²) >= 11 is 7.39. The molecule has 0 amide bonds. The molecule has 0 radical (unpaired) electrons. The van der Waals surface area contributed by atoms with Crippen LogP contribution in [0, 0.1) is 0 Å². The summed E-state index contributed by atoms with van der Waals surface area (Å²) in [5, 5.41) is 15.4. The average Bonchev–Trinajstić information content (AvgIpc) is 2.87. The van der Waals surface area contributed by atoms with Crippen molar-refractivity contribution in [2.75, 3.05) is 11.2 Å². The highest BCUT2D eigenvalue weighted by Crippen LogP contribution is 2.26. The molecule has 2 rings (SSSR count). The Morgan fingerprint density at radius 2 is 2.41 bits per heavy atom. The number of benzene rings is 1. The largest absolute Gasteiger partial charge is 0.479 e. The fraction of sp³-hybridized carbons (Fsp3) is 0.154. The normalized spacial score (nSPS) is 12.3. The minimum absolute atomic E-state index is 0.300. The van der Waals surface area contributed by atoms with E-state index in [0.29, 0.717) is 21.7 Å². The van der Waals surface area contributed by atoms with E-state index in [1.165, 1.54) is 18.3 Å². The van der Waals surface area contributed by atoms with Gasteiger partial charge in [-0.1, -0.05) is 11.6 Å². The molecule has 4 N–H and O–H groups in total. The van der Waals surface area contributed by atoms with E-state index >= 15 is 0 Å². The number of anilines is 2. The quantitative estimate of drug-likeness (QED) is 0.551. The highest BCUT2D eigenvalue weighted by molar-refractivity contribution is 7.14. The van der Waals surface area contributed by atoms with Crippen LogP contribution in [0.1, 0.15) is 12.5 Å². The summed E-state index contributed by atoms with van der Waals surface area (Å²) < 4.78 is 5.22. The number of nitrogen functional groups attached to an aromatic ring is 1. The second kappa shape index (κ2) is 7.10. The van der Waals surface area contributed by atoms with Crippen molar-refractivity contribution in [1.82, 2.24) is 4.98 Å². The van der Waals surface area contributed by atoms with Crippen molar-refractivity contribution >= 4 is 46.1 Å². The van der Waals surface area contributed by atoms with Gasteiger partial charge in [-0.25, -0.2) is 9.78 Å². The van der Waals surface area contributed by atoms with Gasteiger partial charge in [0.25, 0.3) is 0 Å². The summed E-state index contributed by atoms with van der Waals surface area (Å²) in [6, 6.07) is 4.91. The molecule has 0 saturated heterocycles. The zero-order valence-electron chi connectivity index (χ0n) is 11.5. The van der Waals surface area contributed by atoms with Crippen LogP contribution < -0.4 is 15.9 Å². The number of halogens is 1. The lowest BCUT2D eigenvalue weighted by Crippen LogP contribution is -2.23. The summed E-state index contributed by atoms with van der Waals surface area (Å²) in [5.41, 5.74) is 8.95. The summed E-state index contributed by atoms with van der Waals surface area (Å²) in [6.07, 6.45) is 0.572. The fourth-order valence-electron chi connectivity index (χ4n) is 1.43. The molecule has 7 nitrogen and oxygen atoms in total. The van der Waals surface area contributed by atoms with Crippen LogP contribution in [0.2, 0.25) is 5.02 Å². The Balaban J connectivity index is 2.01. The van der Waals surface area contributed by atoms with E-state index in [-0.39, 0.29) is 0 Å². The molecular formula is C13H13ClN4O3S. The molecule has 0 aliphatic carbocycles. The van der Waals surface area contributed by atoms with E-state index in [1.54, 1.807) is 29.8 Å². The van der Waals surface area contributed by atoms with Gasteiger partial charge in [0.15, 0.2) is 6.10 Å².